The lowest BCUT2D eigenvalue weighted by atomic mass is 9.70. The maximum Gasteiger partial charge on any atom is 0.136 e. The molecule has 0 radical (unpaired) electrons. The summed E-state index contributed by atoms with van der Waals surface area (Å²) in [6.07, 6.45) is 26.1. The van der Waals surface area contributed by atoms with E-state index in [1.54, 1.807) is 0 Å². The molecule has 0 amide bonds. The fourth-order valence-corrected chi connectivity index (χ4v) is 12.2. The number of rotatable bonds is 9. The van der Waals surface area contributed by atoms with Gasteiger partial charge in [0.05, 0.1) is 6.04 Å². The molecule has 70 heavy (non-hydrogen) atoms. The Bertz CT molecular complexity index is 3610. The first-order valence-corrected chi connectivity index (χ1v) is 25.3. The molecule has 8 aromatic rings. The Kier molecular flexibility index (Phi) is 10.6. The molecule has 1 heterocycles. The van der Waals surface area contributed by atoms with Crippen molar-refractivity contribution in [3.05, 3.63) is 268 Å². The summed E-state index contributed by atoms with van der Waals surface area (Å²) in [5, 5.41) is 2.46. The van der Waals surface area contributed by atoms with Crippen LogP contribution in [-0.4, -0.2) is 6.04 Å². The quantitative estimate of drug-likeness (QED) is 0.143. The van der Waals surface area contributed by atoms with Gasteiger partial charge in [-0.1, -0.05) is 176 Å². The number of hydrogen-bond donors (Lipinski definition) is 0. The Labute approximate surface area is 411 Å². The van der Waals surface area contributed by atoms with E-state index in [1.165, 1.54) is 105 Å². The highest BCUT2D eigenvalue weighted by atomic mass is 16.3. The van der Waals surface area contributed by atoms with Crippen molar-refractivity contribution in [2.24, 2.45) is 0 Å². The molecule has 2 unspecified atom stereocenters. The van der Waals surface area contributed by atoms with E-state index >= 15 is 0 Å². The number of fused-ring (bicyclic) bond motifs is 5. The van der Waals surface area contributed by atoms with Crippen molar-refractivity contribution >= 4 is 50.7 Å². The first-order chi connectivity index (χ1) is 34.6. The van der Waals surface area contributed by atoms with Gasteiger partial charge in [-0.05, 0) is 184 Å². The van der Waals surface area contributed by atoms with E-state index in [-0.39, 0.29) is 11.5 Å². The van der Waals surface area contributed by atoms with Crippen LogP contribution < -0.4 is 15.5 Å². The lowest BCUT2D eigenvalue weighted by Gasteiger charge is -2.34. The summed E-state index contributed by atoms with van der Waals surface area (Å²) in [6, 6.07) is 65.1. The predicted octanol–water partition coefficient (Wildman–Crippen LogP) is 16.3. The summed E-state index contributed by atoms with van der Waals surface area (Å²) >= 11 is 0. The van der Waals surface area contributed by atoms with Crippen molar-refractivity contribution in [3.63, 3.8) is 0 Å². The van der Waals surface area contributed by atoms with Crippen LogP contribution in [0.2, 0.25) is 0 Å². The van der Waals surface area contributed by atoms with Crippen LogP contribution in [0.5, 0.6) is 0 Å². The molecule has 0 aliphatic heterocycles. The molecular formula is C68H55NO. The molecule has 2 heteroatoms. The Morgan fingerprint density at radius 1 is 0.543 bits per heavy atom. The lowest BCUT2D eigenvalue weighted by Crippen LogP contribution is -2.31. The Hall–Kier alpha value is -7.94. The van der Waals surface area contributed by atoms with E-state index in [0.717, 1.165) is 55.9 Å². The second-order valence-electron chi connectivity index (χ2n) is 19.8. The summed E-state index contributed by atoms with van der Waals surface area (Å²) < 4.78 is 6.82. The Morgan fingerprint density at radius 3 is 1.97 bits per heavy atom. The molecule has 5 aliphatic rings. The summed E-state index contributed by atoms with van der Waals surface area (Å²) in [7, 11) is 0. The number of hydrogen-bond acceptors (Lipinski definition) is 2. The lowest BCUT2D eigenvalue weighted by molar-refractivity contribution is 0.571. The first-order valence-electron chi connectivity index (χ1n) is 25.3. The van der Waals surface area contributed by atoms with Gasteiger partial charge >= 0.3 is 0 Å². The van der Waals surface area contributed by atoms with Gasteiger partial charge < -0.3 is 9.32 Å². The Morgan fingerprint density at radius 2 is 1.26 bits per heavy atom. The smallest absolute Gasteiger partial charge is 0.136 e. The third kappa shape index (κ3) is 7.33. The van der Waals surface area contributed by atoms with Crippen molar-refractivity contribution in [2.45, 2.75) is 63.3 Å². The van der Waals surface area contributed by atoms with E-state index in [1.807, 2.05) is 0 Å². The monoisotopic (exact) mass is 901 g/mol. The molecule has 2 nitrogen and oxygen atoms in total. The summed E-state index contributed by atoms with van der Waals surface area (Å²) in [6.45, 7) is 2.45. The molecule has 0 saturated carbocycles. The van der Waals surface area contributed by atoms with Crippen LogP contribution in [0.15, 0.2) is 234 Å². The number of para-hydroxylation sites is 1. The van der Waals surface area contributed by atoms with E-state index in [2.05, 4.69) is 236 Å². The fraction of sp³-hybridized carbons (Fsp3) is 0.147. The molecule has 5 aliphatic carbocycles. The number of furan rings is 1. The van der Waals surface area contributed by atoms with Crippen LogP contribution in [0.1, 0.15) is 79.7 Å². The van der Waals surface area contributed by atoms with Crippen LogP contribution >= 0.6 is 0 Å². The minimum atomic E-state index is -0.170. The van der Waals surface area contributed by atoms with Crippen LogP contribution in [-0.2, 0) is 5.41 Å². The highest BCUT2D eigenvalue weighted by molar-refractivity contribution is 5.96. The van der Waals surface area contributed by atoms with Gasteiger partial charge in [0, 0.05) is 27.4 Å². The Balaban J connectivity index is 0.829. The molecule has 7 aromatic carbocycles. The maximum atomic E-state index is 6.82. The standard InChI is InChI=1S/C68H55NO/c1-68(55-35-29-49(30-36-55)46-17-6-2-7-18-46)63-27-15-14-25-60(63)62-44-51(34-40-64(62)68)52-33-39-61-66(45-52)70-65-28-16-26-59(67(61)65)50-31-37-57(38-32-50)69(56-23-12-5-13-24-56)58-42-53(47-19-8-3-9-20-47)41-54(43-58)48-21-10-4-11-22-48/h3-6,8-15,17-25,27-33,35-37,39,41-45,57H,2,7,16,26,34,38,40H2,1H3. The zero-order valence-electron chi connectivity index (χ0n) is 39.7. The molecule has 0 bridgehead atoms. The normalized spacial score (nSPS) is 19.2. The van der Waals surface area contributed by atoms with Crippen LogP contribution in [0.3, 0.4) is 0 Å². The zero-order chi connectivity index (χ0) is 46.6. The number of anilines is 2. The molecule has 0 fully saturated rings. The van der Waals surface area contributed by atoms with Crippen molar-refractivity contribution in [1.82, 2.24) is 0 Å². The number of allylic oxidation sites excluding steroid dienone is 10. The highest BCUT2D eigenvalue weighted by Gasteiger charge is 2.43. The third-order valence-corrected chi connectivity index (χ3v) is 15.8. The highest BCUT2D eigenvalue weighted by Crippen LogP contribution is 2.55. The number of benzene rings is 7. The largest absolute Gasteiger partial charge is 0.456 e. The first kappa shape index (κ1) is 42.2. The maximum absolute atomic E-state index is 6.82. The molecule has 338 valence electrons. The molecule has 0 N–H and O–H groups in total. The number of nitrogens with zero attached hydrogens (tertiary/aromatic N) is 1. The van der Waals surface area contributed by atoms with Crippen molar-refractivity contribution < 1.29 is 4.42 Å². The summed E-state index contributed by atoms with van der Waals surface area (Å²) in [5.41, 5.74) is 24.1. The van der Waals surface area contributed by atoms with Crippen LogP contribution in [0.4, 0.5) is 11.4 Å². The van der Waals surface area contributed by atoms with Crippen LogP contribution in [0.25, 0.3) is 61.6 Å². The topological polar surface area (TPSA) is 16.4 Å². The van der Waals surface area contributed by atoms with Crippen molar-refractivity contribution in [2.75, 3.05) is 4.90 Å². The fourth-order valence-electron chi connectivity index (χ4n) is 12.2. The van der Waals surface area contributed by atoms with Gasteiger partial charge in [-0.15, -0.1) is 0 Å². The van der Waals surface area contributed by atoms with Gasteiger partial charge in [0.1, 0.15) is 11.0 Å². The molecule has 0 spiro atoms. The van der Waals surface area contributed by atoms with Gasteiger partial charge in [-0.25, -0.2) is 0 Å². The molecule has 2 atom stereocenters. The van der Waals surface area contributed by atoms with E-state index < -0.39 is 0 Å². The summed E-state index contributed by atoms with van der Waals surface area (Å²) in [5.74, 6) is 0. The van der Waals surface area contributed by atoms with Gasteiger partial charge in [-0.3, -0.25) is 0 Å². The van der Waals surface area contributed by atoms with Gasteiger partial charge in [0.2, 0.25) is 0 Å². The molecular weight excluding hydrogens is 847 g/mol. The summed E-state index contributed by atoms with van der Waals surface area (Å²) in [4.78, 5) is 2.52. The average molecular weight is 902 g/mol. The van der Waals surface area contributed by atoms with Gasteiger partial charge in [0.25, 0.3) is 0 Å². The van der Waals surface area contributed by atoms with Gasteiger partial charge in [-0.2, -0.15) is 0 Å². The van der Waals surface area contributed by atoms with E-state index in [9.17, 15) is 0 Å². The average Bonchev–Trinajstić information content (AvgIpc) is 3.94. The minimum absolute atomic E-state index is 0.131. The van der Waals surface area contributed by atoms with Crippen LogP contribution in [0, 0.1) is 0 Å². The molecule has 13 rings (SSSR count). The predicted molar refractivity (Wildman–Crippen MR) is 294 cm³/mol. The SMILES string of the molecule is CC1(c2ccc(C3=CCCC=C3)cc2)C2=C(C=C(c3ccc4c5c(oc4c3)=CCCC=5C3=CCC(N(c4ccccc4)c4cc(-c5ccccc5)cc(-c5ccccc5)c4)C=C3)CC2)c2ccccc21. The minimum Gasteiger partial charge on any atom is -0.456 e. The third-order valence-electron chi connectivity index (χ3n) is 15.8. The molecule has 0 saturated heterocycles. The van der Waals surface area contributed by atoms with E-state index in [0.29, 0.717) is 0 Å². The second-order valence-corrected chi connectivity index (χ2v) is 19.8. The molecule has 1 aromatic heterocycles. The second kappa shape index (κ2) is 17.5. The zero-order valence-corrected chi connectivity index (χ0v) is 39.7. The van der Waals surface area contributed by atoms with E-state index in [4.69, 9.17) is 4.42 Å². The van der Waals surface area contributed by atoms with Crippen molar-refractivity contribution in [3.8, 4) is 22.3 Å². The van der Waals surface area contributed by atoms with Gasteiger partial charge in [0.15, 0.2) is 0 Å². The van der Waals surface area contributed by atoms with Crippen molar-refractivity contribution in [1.29, 1.82) is 0 Å².